The van der Waals surface area contributed by atoms with Gasteiger partial charge in [0.1, 0.15) is 11.3 Å². The van der Waals surface area contributed by atoms with E-state index in [2.05, 4.69) is 21.6 Å². The van der Waals surface area contributed by atoms with Crippen LogP contribution in [0.2, 0.25) is 5.02 Å². The van der Waals surface area contributed by atoms with Gasteiger partial charge in [-0.2, -0.15) is 5.26 Å². The molecular weight excluding hydrogens is 364 g/mol. The number of hydrogen-bond acceptors (Lipinski definition) is 4. The van der Waals surface area contributed by atoms with Crippen molar-refractivity contribution in [3.8, 4) is 6.07 Å². The van der Waals surface area contributed by atoms with Crippen LogP contribution in [0.5, 0.6) is 0 Å². The quantitative estimate of drug-likeness (QED) is 0.807. The zero-order chi connectivity index (χ0) is 18.6. The Hall–Kier alpha value is -2.23. The second-order valence-electron chi connectivity index (χ2n) is 7.98. The molecule has 1 aromatic carbocycles. The number of nitrogens with zero attached hydrogens (tertiary/aromatic N) is 2. The molecule has 1 saturated heterocycles. The third kappa shape index (κ3) is 2.69. The number of benzene rings is 1. The van der Waals surface area contributed by atoms with Crippen LogP contribution in [-0.4, -0.2) is 24.0 Å². The van der Waals surface area contributed by atoms with Crippen LogP contribution in [0.15, 0.2) is 16.5 Å². The lowest BCUT2D eigenvalue weighted by Crippen LogP contribution is -2.52. The number of furan rings is 1. The Labute approximate surface area is 162 Å². The Morgan fingerprint density at radius 2 is 2.07 bits per heavy atom. The van der Waals surface area contributed by atoms with Crippen molar-refractivity contribution in [2.75, 3.05) is 18.4 Å². The minimum absolute atomic E-state index is 0.126. The molecule has 1 spiro atoms. The van der Waals surface area contributed by atoms with E-state index in [1.807, 2.05) is 12.1 Å². The first kappa shape index (κ1) is 16.9. The van der Waals surface area contributed by atoms with Crippen LogP contribution >= 0.6 is 11.6 Å². The fourth-order valence-electron chi connectivity index (χ4n) is 4.82. The maximum absolute atomic E-state index is 12.3. The summed E-state index contributed by atoms with van der Waals surface area (Å²) < 4.78 is 6.28. The van der Waals surface area contributed by atoms with E-state index in [-0.39, 0.29) is 11.9 Å². The van der Waals surface area contributed by atoms with Gasteiger partial charge in [-0.05, 0) is 25.0 Å². The molecule has 3 aliphatic rings. The average Bonchev–Trinajstić information content (AvgIpc) is 3.00. The summed E-state index contributed by atoms with van der Waals surface area (Å²) in [4.78, 5) is 14.5. The molecule has 0 radical (unpaired) electrons. The van der Waals surface area contributed by atoms with Crippen molar-refractivity contribution in [1.82, 2.24) is 10.2 Å². The number of amides is 2. The maximum Gasteiger partial charge on any atom is 0.319 e. The number of carbonyl (C=O) groups excluding carboxylic acids is 1. The first-order valence-corrected chi connectivity index (χ1v) is 9.92. The molecule has 1 aliphatic carbocycles. The van der Waals surface area contributed by atoms with Crippen molar-refractivity contribution in [2.45, 2.75) is 44.2 Å². The number of likely N-dealkylation sites (tertiary alicyclic amines) is 1. The third-order valence-electron chi connectivity index (χ3n) is 6.11. The van der Waals surface area contributed by atoms with Gasteiger partial charge in [0.15, 0.2) is 0 Å². The first-order valence-electron chi connectivity index (χ1n) is 9.54. The molecule has 2 amide bonds. The highest BCUT2D eigenvalue weighted by Crippen LogP contribution is 2.49. The van der Waals surface area contributed by atoms with E-state index in [1.165, 1.54) is 6.42 Å². The van der Waals surface area contributed by atoms with E-state index in [1.54, 1.807) is 0 Å². The summed E-state index contributed by atoms with van der Waals surface area (Å²) in [5.41, 5.74) is 2.09. The number of fused-ring (bicyclic) bond motifs is 4. The van der Waals surface area contributed by atoms with Crippen LogP contribution in [0.3, 0.4) is 0 Å². The van der Waals surface area contributed by atoms with Gasteiger partial charge in [0.05, 0.1) is 34.8 Å². The molecule has 1 aromatic heterocycles. The number of urea groups is 1. The molecule has 5 rings (SSSR count). The number of anilines is 1. The molecule has 2 aliphatic heterocycles. The highest BCUT2D eigenvalue weighted by molar-refractivity contribution is 6.35. The van der Waals surface area contributed by atoms with E-state index in [0.717, 1.165) is 61.1 Å². The molecule has 2 aromatic rings. The second-order valence-corrected chi connectivity index (χ2v) is 8.39. The van der Waals surface area contributed by atoms with Gasteiger partial charge in [0, 0.05) is 24.0 Å². The zero-order valence-corrected chi connectivity index (χ0v) is 15.7. The fraction of sp³-hybridized carbons (Fsp3) is 0.500. The summed E-state index contributed by atoms with van der Waals surface area (Å²) in [5, 5.41) is 16.5. The Morgan fingerprint density at radius 3 is 2.81 bits per heavy atom. The molecule has 2 fully saturated rings. The maximum atomic E-state index is 12.3. The van der Waals surface area contributed by atoms with Crippen molar-refractivity contribution >= 4 is 34.3 Å². The number of hydrogen-bond donors (Lipinski definition) is 2. The molecule has 2 N–H and O–H groups in total. The molecule has 0 atom stereocenters. The zero-order valence-electron chi connectivity index (χ0n) is 15.0. The number of rotatable bonds is 2. The molecule has 3 heterocycles. The van der Waals surface area contributed by atoms with Gasteiger partial charge in [-0.1, -0.05) is 30.9 Å². The van der Waals surface area contributed by atoms with Gasteiger partial charge in [-0.3, -0.25) is 4.90 Å². The van der Waals surface area contributed by atoms with Crippen LogP contribution in [0.4, 0.5) is 10.5 Å². The Bertz CT molecular complexity index is 964. The minimum Gasteiger partial charge on any atom is -0.459 e. The Balaban J connectivity index is 1.58. The summed E-state index contributed by atoms with van der Waals surface area (Å²) >= 11 is 6.55. The molecular formula is C20H21ClN4O2. The van der Waals surface area contributed by atoms with Crippen LogP contribution in [-0.2, 0) is 12.1 Å². The van der Waals surface area contributed by atoms with E-state index >= 15 is 0 Å². The van der Waals surface area contributed by atoms with Crippen molar-refractivity contribution in [3.05, 3.63) is 28.5 Å². The van der Waals surface area contributed by atoms with E-state index < -0.39 is 5.54 Å². The molecule has 6 nitrogen and oxygen atoms in total. The summed E-state index contributed by atoms with van der Waals surface area (Å²) in [7, 11) is 0. The molecule has 1 saturated carbocycles. The van der Waals surface area contributed by atoms with Crippen molar-refractivity contribution < 1.29 is 9.21 Å². The summed E-state index contributed by atoms with van der Waals surface area (Å²) in [6.45, 7) is 2.26. The third-order valence-corrected chi connectivity index (χ3v) is 6.40. The predicted molar refractivity (Wildman–Crippen MR) is 103 cm³/mol. The number of halogens is 1. The van der Waals surface area contributed by atoms with Gasteiger partial charge < -0.3 is 15.1 Å². The second kappa shape index (κ2) is 6.15. The highest BCUT2D eigenvalue weighted by atomic mass is 35.5. The smallest absolute Gasteiger partial charge is 0.319 e. The summed E-state index contributed by atoms with van der Waals surface area (Å²) in [6.07, 6.45) is 5.13. The normalized spacial score (nSPS) is 22.0. The molecule has 0 bridgehead atoms. The minimum atomic E-state index is -0.406. The first-order chi connectivity index (χ1) is 13.1. The number of nitrogens with one attached hydrogen (secondary N) is 2. The number of carbonyl (C=O) groups is 1. The van der Waals surface area contributed by atoms with E-state index in [0.29, 0.717) is 17.3 Å². The standard InChI is InChI=1S/C20H21ClN4O2/c21-15-7-13-6-14(11-25-9-12(8-22)10-25)27-18(13)16-17(15)23-19(26)24-20(16)4-2-1-3-5-20/h6-7,12H,1-5,9-11H2,(H2,23,24,26). The lowest BCUT2D eigenvalue weighted by atomic mass is 9.74. The highest BCUT2D eigenvalue weighted by Gasteiger charge is 2.43. The Morgan fingerprint density at radius 1 is 1.30 bits per heavy atom. The summed E-state index contributed by atoms with van der Waals surface area (Å²) in [5.74, 6) is 0.996. The van der Waals surface area contributed by atoms with Crippen LogP contribution in [0.1, 0.15) is 43.4 Å². The van der Waals surface area contributed by atoms with Gasteiger partial charge in [-0.15, -0.1) is 0 Å². The Kier molecular flexibility index (Phi) is 3.85. The average molecular weight is 385 g/mol. The van der Waals surface area contributed by atoms with Gasteiger partial charge in [-0.25, -0.2) is 4.79 Å². The van der Waals surface area contributed by atoms with E-state index in [4.69, 9.17) is 21.3 Å². The van der Waals surface area contributed by atoms with Crippen molar-refractivity contribution in [3.63, 3.8) is 0 Å². The number of nitriles is 1. The molecule has 140 valence electrons. The van der Waals surface area contributed by atoms with Gasteiger partial charge in [0.25, 0.3) is 0 Å². The lowest BCUT2D eigenvalue weighted by Gasteiger charge is -2.42. The predicted octanol–water partition coefficient (Wildman–Crippen LogP) is 4.34. The molecule has 0 unspecified atom stereocenters. The molecule has 7 heteroatoms. The van der Waals surface area contributed by atoms with Gasteiger partial charge in [0.2, 0.25) is 0 Å². The monoisotopic (exact) mass is 384 g/mol. The SMILES string of the molecule is N#CC1CN(Cc2cc3cc(Cl)c4c(c3o2)C2(CCCCC2)NC(=O)N4)C1. The van der Waals surface area contributed by atoms with Crippen LogP contribution in [0.25, 0.3) is 11.0 Å². The van der Waals surface area contributed by atoms with Crippen molar-refractivity contribution in [2.24, 2.45) is 5.92 Å². The lowest BCUT2D eigenvalue weighted by molar-refractivity contribution is 0.117. The van der Waals surface area contributed by atoms with Gasteiger partial charge >= 0.3 is 6.03 Å². The topological polar surface area (TPSA) is 81.3 Å². The largest absolute Gasteiger partial charge is 0.459 e. The summed E-state index contributed by atoms with van der Waals surface area (Å²) in [6, 6.07) is 6.01. The molecule has 27 heavy (non-hydrogen) atoms. The van der Waals surface area contributed by atoms with Crippen molar-refractivity contribution in [1.29, 1.82) is 5.26 Å². The van der Waals surface area contributed by atoms with Crippen LogP contribution in [0, 0.1) is 17.2 Å². The van der Waals surface area contributed by atoms with Crippen LogP contribution < -0.4 is 10.6 Å². The fourth-order valence-corrected chi connectivity index (χ4v) is 5.07. The van der Waals surface area contributed by atoms with E-state index in [9.17, 15) is 4.79 Å².